The molecule has 0 unspecified atom stereocenters. The summed E-state index contributed by atoms with van der Waals surface area (Å²) in [4.78, 5) is 26.9. The van der Waals surface area contributed by atoms with Crippen molar-refractivity contribution in [1.29, 1.82) is 0 Å². The normalized spacial score (nSPS) is 15.0. The van der Waals surface area contributed by atoms with Crippen LogP contribution in [0.4, 0.5) is 5.69 Å². The lowest BCUT2D eigenvalue weighted by Crippen LogP contribution is -2.43. The molecule has 0 spiro atoms. The van der Waals surface area contributed by atoms with Crippen molar-refractivity contribution >= 4 is 17.5 Å². The minimum Gasteiger partial charge on any atom is -0.356 e. The predicted molar refractivity (Wildman–Crippen MR) is 121 cm³/mol. The second-order valence-corrected chi connectivity index (χ2v) is 8.28. The zero-order chi connectivity index (χ0) is 21.3. The number of hydrogen-bond donors (Lipinski definition) is 2. The van der Waals surface area contributed by atoms with E-state index in [9.17, 15) is 9.59 Å². The number of carbonyl (C=O) groups is 2. The number of benzene rings is 2. The molecule has 1 saturated heterocycles. The van der Waals surface area contributed by atoms with E-state index in [4.69, 9.17) is 0 Å². The summed E-state index contributed by atoms with van der Waals surface area (Å²) >= 11 is 0. The fourth-order valence-electron chi connectivity index (χ4n) is 3.87. The Morgan fingerprint density at radius 3 is 2.43 bits per heavy atom. The largest absolute Gasteiger partial charge is 0.356 e. The average molecular weight is 408 g/mol. The molecule has 30 heavy (non-hydrogen) atoms. The molecule has 1 aliphatic rings. The minimum absolute atomic E-state index is 0.00191. The summed E-state index contributed by atoms with van der Waals surface area (Å²) < 4.78 is 0. The standard InChI is InChI=1S/C25H33N3O2/c1-19-10-11-23(17-20(19)2)27-24(29)18-28-15-12-22(13-16-28)25(30)26-14-6-9-21-7-4-3-5-8-21/h3-5,7-8,10-11,17,22H,6,9,12-16,18H2,1-2H3,(H,26,30)(H,27,29). The van der Waals surface area contributed by atoms with Gasteiger partial charge in [-0.1, -0.05) is 36.4 Å². The molecule has 0 bridgehead atoms. The molecule has 5 heteroatoms. The van der Waals surface area contributed by atoms with E-state index in [1.54, 1.807) is 0 Å². The van der Waals surface area contributed by atoms with Crippen molar-refractivity contribution in [2.24, 2.45) is 5.92 Å². The molecule has 5 nitrogen and oxygen atoms in total. The Morgan fingerprint density at radius 2 is 1.73 bits per heavy atom. The van der Waals surface area contributed by atoms with Crippen LogP contribution in [-0.4, -0.2) is 42.9 Å². The van der Waals surface area contributed by atoms with Crippen LogP contribution >= 0.6 is 0 Å². The first-order valence-electron chi connectivity index (χ1n) is 10.9. The third-order valence-corrected chi connectivity index (χ3v) is 5.90. The monoisotopic (exact) mass is 407 g/mol. The molecule has 2 aromatic rings. The first kappa shape index (κ1) is 22.0. The highest BCUT2D eigenvalue weighted by atomic mass is 16.2. The fraction of sp³-hybridized carbons (Fsp3) is 0.440. The van der Waals surface area contributed by atoms with Crippen molar-refractivity contribution in [1.82, 2.24) is 10.2 Å². The Hall–Kier alpha value is -2.66. The summed E-state index contributed by atoms with van der Waals surface area (Å²) in [6, 6.07) is 16.3. The molecular formula is C25H33N3O2. The van der Waals surface area contributed by atoms with Gasteiger partial charge in [0, 0.05) is 18.2 Å². The highest BCUT2D eigenvalue weighted by molar-refractivity contribution is 5.92. The maximum absolute atomic E-state index is 12.4. The fourth-order valence-corrected chi connectivity index (χ4v) is 3.87. The summed E-state index contributed by atoms with van der Waals surface area (Å²) in [5, 5.41) is 6.06. The molecule has 2 N–H and O–H groups in total. The second kappa shape index (κ2) is 10.9. The smallest absolute Gasteiger partial charge is 0.238 e. The number of nitrogens with zero attached hydrogens (tertiary/aromatic N) is 1. The van der Waals surface area contributed by atoms with E-state index in [-0.39, 0.29) is 17.7 Å². The third-order valence-electron chi connectivity index (χ3n) is 5.90. The van der Waals surface area contributed by atoms with Gasteiger partial charge in [0.05, 0.1) is 6.54 Å². The molecular weight excluding hydrogens is 374 g/mol. The molecule has 160 valence electrons. The van der Waals surface area contributed by atoms with Crippen LogP contribution in [0.5, 0.6) is 0 Å². The van der Waals surface area contributed by atoms with E-state index in [1.807, 2.05) is 43.3 Å². The Morgan fingerprint density at radius 1 is 1.00 bits per heavy atom. The summed E-state index contributed by atoms with van der Waals surface area (Å²) in [6.07, 6.45) is 3.55. The number of carbonyl (C=O) groups excluding carboxylic acids is 2. The van der Waals surface area contributed by atoms with E-state index < -0.39 is 0 Å². The Balaban J connectivity index is 1.33. The van der Waals surface area contributed by atoms with E-state index in [1.165, 1.54) is 16.7 Å². The number of piperidine rings is 1. The number of hydrogen-bond acceptors (Lipinski definition) is 3. The Labute approximate surface area is 179 Å². The van der Waals surface area contributed by atoms with Crippen LogP contribution in [0, 0.1) is 19.8 Å². The summed E-state index contributed by atoms with van der Waals surface area (Å²) in [7, 11) is 0. The van der Waals surface area contributed by atoms with Crippen LogP contribution in [0.2, 0.25) is 0 Å². The van der Waals surface area contributed by atoms with Crippen molar-refractivity contribution in [3.63, 3.8) is 0 Å². The lowest BCUT2D eigenvalue weighted by Gasteiger charge is -2.30. The molecule has 0 atom stereocenters. The molecule has 2 aromatic carbocycles. The first-order chi connectivity index (χ1) is 14.5. The van der Waals surface area contributed by atoms with Crippen LogP contribution in [0.25, 0.3) is 0 Å². The van der Waals surface area contributed by atoms with Crippen molar-refractivity contribution in [3.05, 3.63) is 65.2 Å². The number of aryl methyl sites for hydroxylation is 3. The number of amides is 2. The van der Waals surface area contributed by atoms with Gasteiger partial charge in [0.15, 0.2) is 0 Å². The topological polar surface area (TPSA) is 61.4 Å². The van der Waals surface area contributed by atoms with Gasteiger partial charge in [-0.05, 0) is 81.4 Å². The summed E-state index contributed by atoms with van der Waals surface area (Å²) in [6.45, 7) is 6.75. The van der Waals surface area contributed by atoms with Gasteiger partial charge in [0.1, 0.15) is 0 Å². The summed E-state index contributed by atoms with van der Waals surface area (Å²) in [5.41, 5.74) is 4.53. The van der Waals surface area contributed by atoms with E-state index in [0.29, 0.717) is 13.1 Å². The van der Waals surface area contributed by atoms with E-state index in [0.717, 1.165) is 44.5 Å². The average Bonchev–Trinajstić information content (AvgIpc) is 2.75. The maximum Gasteiger partial charge on any atom is 0.238 e. The van der Waals surface area contributed by atoms with Crippen LogP contribution in [0.3, 0.4) is 0 Å². The van der Waals surface area contributed by atoms with Crippen LogP contribution in [-0.2, 0) is 16.0 Å². The molecule has 2 amide bonds. The molecule has 0 aromatic heterocycles. The van der Waals surface area contributed by atoms with Crippen LogP contribution < -0.4 is 10.6 Å². The molecule has 1 aliphatic heterocycles. The van der Waals surface area contributed by atoms with Crippen LogP contribution in [0.1, 0.15) is 36.0 Å². The van der Waals surface area contributed by atoms with Gasteiger partial charge >= 0.3 is 0 Å². The van der Waals surface area contributed by atoms with Crippen molar-refractivity contribution < 1.29 is 9.59 Å². The minimum atomic E-state index is 0.00191. The Bertz CT molecular complexity index is 843. The van der Waals surface area contributed by atoms with Gasteiger partial charge in [-0.3, -0.25) is 14.5 Å². The first-order valence-corrected chi connectivity index (χ1v) is 10.9. The molecule has 1 heterocycles. The van der Waals surface area contributed by atoms with Gasteiger partial charge < -0.3 is 10.6 Å². The van der Waals surface area contributed by atoms with Crippen molar-refractivity contribution in [3.8, 4) is 0 Å². The SMILES string of the molecule is Cc1ccc(NC(=O)CN2CCC(C(=O)NCCCc3ccccc3)CC2)cc1C. The molecule has 1 fully saturated rings. The lowest BCUT2D eigenvalue weighted by atomic mass is 9.96. The highest BCUT2D eigenvalue weighted by Gasteiger charge is 2.25. The predicted octanol–water partition coefficient (Wildman–Crippen LogP) is 3.70. The van der Waals surface area contributed by atoms with Gasteiger partial charge in [-0.15, -0.1) is 0 Å². The zero-order valence-electron chi connectivity index (χ0n) is 18.1. The second-order valence-electron chi connectivity index (χ2n) is 8.28. The number of nitrogens with one attached hydrogen (secondary N) is 2. The zero-order valence-corrected chi connectivity index (χ0v) is 18.1. The maximum atomic E-state index is 12.4. The highest BCUT2D eigenvalue weighted by Crippen LogP contribution is 2.18. The van der Waals surface area contributed by atoms with E-state index in [2.05, 4.69) is 34.6 Å². The molecule has 0 aliphatic carbocycles. The Kier molecular flexibility index (Phi) is 8.03. The molecule has 0 radical (unpaired) electrons. The van der Waals surface area contributed by atoms with Crippen LogP contribution in [0.15, 0.2) is 48.5 Å². The quantitative estimate of drug-likeness (QED) is 0.656. The van der Waals surface area contributed by atoms with Crippen molar-refractivity contribution in [2.75, 3.05) is 31.5 Å². The number of anilines is 1. The van der Waals surface area contributed by atoms with Crippen molar-refractivity contribution in [2.45, 2.75) is 39.5 Å². The lowest BCUT2D eigenvalue weighted by molar-refractivity contribution is -0.126. The molecule has 3 rings (SSSR count). The third kappa shape index (κ3) is 6.70. The van der Waals surface area contributed by atoms with Gasteiger partial charge in [0.25, 0.3) is 0 Å². The number of rotatable bonds is 8. The van der Waals surface area contributed by atoms with E-state index >= 15 is 0 Å². The van der Waals surface area contributed by atoms with Gasteiger partial charge in [0.2, 0.25) is 11.8 Å². The van der Waals surface area contributed by atoms with Gasteiger partial charge in [-0.25, -0.2) is 0 Å². The number of likely N-dealkylation sites (tertiary alicyclic amines) is 1. The summed E-state index contributed by atoms with van der Waals surface area (Å²) in [5.74, 6) is 0.213. The molecule has 0 saturated carbocycles. The van der Waals surface area contributed by atoms with Gasteiger partial charge in [-0.2, -0.15) is 0 Å².